The SMILES string of the molecule is CCCNc1cnc(Cn2c(C)nc3ccccc32)cn1. The molecule has 5 heteroatoms. The topological polar surface area (TPSA) is 55.6 Å². The van der Waals surface area contributed by atoms with Gasteiger partial charge >= 0.3 is 0 Å². The highest BCUT2D eigenvalue weighted by Crippen LogP contribution is 2.16. The molecular formula is C16H19N5. The molecule has 0 unspecified atom stereocenters. The molecule has 0 spiro atoms. The van der Waals surface area contributed by atoms with E-state index in [9.17, 15) is 0 Å². The lowest BCUT2D eigenvalue weighted by Crippen LogP contribution is -2.06. The molecule has 1 aromatic carbocycles. The van der Waals surface area contributed by atoms with Gasteiger partial charge in [0, 0.05) is 6.54 Å². The van der Waals surface area contributed by atoms with Crippen LogP contribution in [0, 0.1) is 6.92 Å². The van der Waals surface area contributed by atoms with Crippen molar-refractivity contribution in [2.75, 3.05) is 11.9 Å². The maximum atomic E-state index is 4.57. The Bertz CT molecular complexity index is 730. The van der Waals surface area contributed by atoms with Gasteiger partial charge in [-0.3, -0.25) is 4.98 Å². The summed E-state index contributed by atoms with van der Waals surface area (Å²) in [5, 5.41) is 3.23. The fraction of sp³-hybridized carbons (Fsp3) is 0.312. The number of para-hydroxylation sites is 2. The van der Waals surface area contributed by atoms with Crippen LogP contribution in [0.2, 0.25) is 0 Å². The second-order valence-electron chi connectivity index (χ2n) is 5.05. The molecule has 3 rings (SSSR count). The Morgan fingerprint density at radius 1 is 1.14 bits per heavy atom. The van der Waals surface area contributed by atoms with Crippen LogP contribution in [0.3, 0.4) is 0 Å². The van der Waals surface area contributed by atoms with Crippen molar-refractivity contribution in [2.24, 2.45) is 0 Å². The van der Waals surface area contributed by atoms with Crippen LogP contribution in [0.4, 0.5) is 5.82 Å². The summed E-state index contributed by atoms with van der Waals surface area (Å²) in [4.78, 5) is 13.4. The van der Waals surface area contributed by atoms with Gasteiger partial charge in [0.05, 0.1) is 35.7 Å². The van der Waals surface area contributed by atoms with E-state index in [1.54, 1.807) is 6.20 Å². The zero-order chi connectivity index (χ0) is 14.7. The lowest BCUT2D eigenvalue weighted by atomic mass is 10.3. The number of hydrogen-bond acceptors (Lipinski definition) is 4. The first kappa shape index (κ1) is 13.5. The monoisotopic (exact) mass is 281 g/mol. The van der Waals surface area contributed by atoms with Crippen LogP contribution >= 0.6 is 0 Å². The number of aryl methyl sites for hydroxylation is 1. The molecule has 0 radical (unpaired) electrons. The highest BCUT2D eigenvalue weighted by atomic mass is 15.1. The van der Waals surface area contributed by atoms with Gasteiger partial charge in [0.25, 0.3) is 0 Å². The number of nitrogens with one attached hydrogen (secondary N) is 1. The van der Waals surface area contributed by atoms with Gasteiger partial charge in [0.15, 0.2) is 0 Å². The van der Waals surface area contributed by atoms with Crippen LogP contribution in [-0.2, 0) is 6.54 Å². The van der Waals surface area contributed by atoms with E-state index < -0.39 is 0 Å². The van der Waals surface area contributed by atoms with Crippen molar-refractivity contribution in [3.63, 3.8) is 0 Å². The van der Waals surface area contributed by atoms with E-state index in [1.807, 2.05) is 31.3 Å². The van der Waals surface area contributed by atoms with Crippen molar-refractivity contribution in [3.05, 3.63) is 48.2 Å². The smallest absolute Gasteiger partial charge is 0.144 e. The minimum absolute atomic E-state index is 0.688. The van der Waals surface area contributed by atoms with Crippen LogP contribution in [0.1, 0.15) is 24.9 Å². The van der Waals surface area contributed by atoms with Gasteiger partial charge in [0.1, 0.15) is 11.6 Å². The highest BCUT2D eigenvalue weighted by Gasteiger charge is 2.08. The first-order chi connectivity index (χ1) is 10.3. The largest absolute Gasteiger partial charge is 0.369 e. The van der Waals surface area contributed by atoms with Gasteiger partial charge in [-0.2, -0.15) is 0 Å². The van der Waals surface area contributed by atoms with Gasteiger partial charge in [-0.05, 0) is 25.5 Å². The number of aromatic nitrogens is 4. The standard InChI is InChI=1S/C16H19N5/c1-3-8-17-16-10-18-13(9-19-16)11-21-12(2)20-14-6-4-5-7-15(14)21/h4-7,9-10H,3,8,11H2,1-2H3,(H,17,19). The average molecular weight is 281 g/mol. The molecule has 0 aliphatic rings. The first-order valence-corrected chi connectivity index (χ1v) is 7.24. The number of hydrogen-bond donors (Lipinski definition) is 1. The molecule has 2 heterocycles. The summed E-state index contributed by atoms with van der Waals surface area (Å²) in [6, 6.07) is 8.15. The van der Waals surface area contributed by atoms with E-state index in [4.69, 9.17) is 0 Å². The van der Waals surface area contributed by atoms with E-state index in [0.29, 0.717) is 6.54 Å². The maximum Gasteiger partial charge on any atom is 0.144 e. The Morgan fingerprint density at radius 2 is 2.00 bits per heavy atom. The Balaban J connectivity index is 1.83. The normalized spacial score (nSPS) is 11.0. The molecule has 0 saturated heterocycles. The Kier molecular flexibility index (Phi) is 3.81. The number of nitrogens with zero attached hydrogens (tertiary/aromatic N) is 4. The fourth-order valence-electron chi connectivity index (χ4n) is 2.34. The van der Waals surface area contributed by atoms with Crippen LogP contribution in [-0.4, -0.2) is 26.1 Å². The van der Waals surface area contributed by atoms with Crippen LogP contribution in [0.5, 0.6) is 0 Å². The molecule has 0 aliphatic heterocycles. The second kappa shape index (κ2) is 5.91. The molecule has 0 fully saturated rings. The van der Waals surface area contributed by atoms with E-state index in [2.05, 4.69) is 37.8 Å². The molecule has 21 heavy (non-hydrogen) atoms. The molecule has 5 nitrogen and oxygen atoms in total. The number of imidazole rings is 1. The average Bonchev–Trinajstić information content (AvgIpc) is 2.83. The summed E-state index contributed by atoms with van der Waals surface area (Å²) >= 11 is 0. The van der Waals surface area contributed by atoms with Crippen molar-refractivity contribution < 1.29 is 0 Å². The summed E-state index contributed by atoms with van der Waals surface area (Å²) in [6.07, 6.45) is 4.69. The van der Waals surface area contributed by atoms with Crippen molar-refractivity contribution in [1.82, 2.24) is 19.5 Å². The summed E-state index contributed by atoms with van der Waals surface area (Å²) in [6.45, 7) is 5.75. The first-order valence-electron chi connectivity index (χ1n) is 7.24. The zero-order valence-corrected chi connectivity index (χ0v) is 12.4. The fourth-order valence-corrected chi connectivity index (χ4v) is 2.34. The van der Waals surface area contributed by atoms with E-state index in [0.717, 1.165) is 41.3 Å². The van der Waals surface area contributed by atoms with E-state index >= 15 is 0 Å². The molecule has 0 aliphatic carbocycles. The molecular weight excluding hydrogens is 262 g/mol. The summed E-state index contributed by atoms with van der Waals surface area (Å²) in [5.74, 6) is 1.82. The van der Waals surface area contributed by atoms with E-state index in [1.165, 1.54) is 0 Å². The third kappa shape index (κ3) is 2.86. The lowest BCUT2D eigenvalue weighted by molar-refractivity contribution is 0.759. The quantitative estimate of drug-likeness (QED) is 0.781. The van der Waals surface area contributed by atoms with Gasteiger partial charge < -0.3 is 9.88 Å². The molecule has 3 aromatic rings. The molecule has 108 valence electrons. The predicted octanol–water partition coefficient (Wildman–Crippen LogP) is 3.00. The number of anilines is 1. The predicted molar refractivity (Wildman–Crippen MR) is 84.4 cm³/mol. The van der Waals surface area contributed by atoms with Gasteiger partial charge in [-0.15, -0.1) is 0 Å². The van der Waals surface area contributed by atoms with Gasteiger partial charge in [-0.1, -0.05) is 19.1 Å². The van der Waals surface area contributed by atoms with Gasteiger partial charge in [-0.25, -0.2) is 9.97 Å². The molecule has 1 N–H and O–H groups in total. The molecule has 0 bridgehead atoms. The van der Waals surface area contributed by atoms with E-state index in [-0.39, 0.29) is 0 Å². The van der Waals surface area contributed by atoms with Crippen molar-refractivity contribution in [2.45, 2.75) is 26.8 Å². The Labute approximate surface area is 124 Å². The lowest BCUT2D eigenvalue weighted by Gasteiger charge is -2.07. The molecule has 0 atom stereocenters. The third-order valence-corrected chi connectivity index (χ3v) is 3.43. The zero-order valence-electron chi connectivity index (χ0n) is 12.4. The number of fused-ring (bicyclic) bond motifs is 1. The number of benzene rings is 1. The second-order valence-corrected chi connectivity index (χ2v) is 5.05. The Hall–Kier alpha value is -2.43. The van der Waals surface area contributed by atoms with Crippen molar-refractivity contribution in [1.29, 1.82) is 0 Å². The van der Waals surface area contributed by atoms with Gasteiger partial charge in [0.2, 0.25) is 0 Å². The minimum Gasteiger partial charge on any atom is -0.369 e. The summed E-state index contributed by atoms with van der Waals surface area (Å²) in [5.41, 5.74) is 3.08. The molecule has 0 amide bonds. The Morgan fingerprint density at radius 3 is 2.76 bits per heavy atom. The summed E-state index contributed by atoms with van der Waals surface area (Å²) in [7, 11) is 0. The van der Waals surface area contributed by atoms with Crippen molar-refractivity contribution >= 4 is 16.9 Å². The third-order valence-electron chi connectivity index (χ3n) is 3.43. The molecule has 0 saturated carbocycles. The maximum absolute atomic E-state index is 4.57. The summed E-state index contributed by atoms with van der Waals surface area (Å²) < 4.78 is 2.17. The van der Waals surface area contributed by atoms with Crippen LogP contribution in [0.15, 0.2) is 36.7 Å². The number of rotatable bonds is 5. The highest BCUT2D eigenvalue weighted by molar-refractivity contribution is 5.75. The minimum atomic E-state index is 0.688. The van der Waals surface area contributed by atoms with Crippen molar-refractivity contribution in [3.8, 4) is 0 Å². The van der Waals surface area contributed by atoms with Crippen LogP contribution in [0.25, 0.3) is 11.0 Å². The van der Waals surface area contributed by atoms with Crippen LogP contribution < -0.4 is 5.32 Å². The molecule has 2 aromatic heterocycles.